The number of rotatable bonds is 5. The molecule has 0 aromatic heterocycles. The predicted molar refractivity (Wildman–Crippen MR) is 69.7 cm³/mol. The third-order valence-corrected chi connectivity index (χ3v) is 4.20. The maximum absolute atomic E-state index is 3.74. The molecule has 1 unspecified atom stereocenters. The van der Waals surface area contributed by atoms with Crippen LogP contribution in [-0.2, 0) is 0 Å². The van der Waals surface area contributed by atoms with Crippen molar-refractivity contribution in [3.05, 3.63) is 0 Å². The lowest BCUT2D eigenvalue weighted by Gasteiger charge is -2.42. The summed E-state index contributed by atoms with van der Waals surface area (Å²) in [6.45, 7) is 8.49. The lowest BCUT2D eigenvalue weighted by Crippen LogP contribution is -2.51. The number of likely N-dealkylation sites (tertiary alicyclic amines) is 1. The third-order valence-electron chi connectivity index (χ3n) is 4.20. The summed E-state index contributed by atoms with van der Waals surface area (Å²) in [5.41, 5.74) is 0. The first kappa shape index (κ1) is 12.4. The SMILES string of the molecule is CC(C)CCNC1CCCN(C2CCC2)C1. The smallest absolute Gasteiger partial charge is 0.0195 e. The van der Waals surface area contributed by atoms with Gasteiger partial charge in [-0.25, -0.2) is 0 Å². The van der Waals surface area contributed by atoms with E-state index in [1.54, 1.807) is 0 Å². The van der Waals surface area contributed by atoms with E-state index in [0.29, 0.717) is 0 Å². The minimum atomic E-state index is 0.771. The fourth-order valence-electron chi connectivity index (χ4n) is 2.83. The standard InChI is InChI=1S/C14H28N2/c1-12(2)8-9-15-13-5-4-10-16(11-13)14-6-3-7-14/h12-15H,3-11H2,1-2H3. The van der Waals surface area contributed by atoms with Crippen LogP contribution in [0.3, 0.4) is 0 Å². The summed E-state index contributed by atoms with van der Waals surface area (Å²) >= 11 is 0. The zero-order valence-corrected chi connectivity index (χ0v) is 11.0. The van der Waals surface area contributed by atoms with E-state index in [9.17, 15) is 0 Å². The van der Waals surface area contributed by atoms with E-state index in [2.05, 4.69) is 24.1 Å². The van der Waals surface area contributed by atoms with Gasteiger partial charge in [-0.15, -0.1) is 0 Å². The van der Waals surface area contributed by atoms with Crippen LogP contribution < -0.4 is 5.32 Å². The molecular formula is C14H28N2. The molecule has 2 fully saturated rings. The molecule has 1 atom stereocenters. The molecule has 1 saturated carbocycles. The Hall–Kier alpha value is -0.0800. The van der Waals surface area contributed by atoms with Crippen molar-refractivity contribution in [3.63, 3.8) is 0 Å². The fraction of sp³-hybridized carbons (Fsp3) is 1.00. The normalized spacial score (nSPS) is 28.3. The average Bonchev–Trinajstić information content (AvgIpc) is 2.15. The van der Waals surface area contributed by atoms with E-state index in [4.69, 9.17) is 0 Å². The van der Waals surface area contributed by atoms with Gasteiger partial charge in [-0.2, -0.15) is 0 Å². The number of hydrogen-bond acceptors (Lipinski definition) is 2. The molecule has 0 bridgehead atoms. The van der Waals surface area contributed by atoms with Crippen LogP contribution in [0.15, 0.2) is 0 Å². The molecule has 1 saturated heterocycles. The fourth-order valence-corrected chi connectivity index (χ4v) is 2.83. The van der Waals surface area contributed by atoms with Crippen LogP contribution in [0.1, 0.15) is 52.4 Å². The van der Waals surface area contributed by atoms with E-state index < -0.39 is 0 Å². The number of nitrogens with zero attached hydrogens (tertiary/aromatic N) is 1. The van der Waals surface area contributed by atoms with Gasteiger partial charge in [0.25, 0.3) is 0 Å². The first-order valence-corrected chi connectivity index (χ1v) is 7.23. The summed E-state index contributed by atoms with van der Waals surface area (Å²) in [5, 5.41) is 3.74. The van der Waals surface area contributed by atoms with Gasteiger partial charge in [0, 0.05) is 18.6 Å². The Balaban J connectivity index is 1.65. The van der Waals surface area contributed by atoms with Crippen LogP contribution in [0.4, 0.5) is 0 Å². The summed E-state index contributed by atoms with van der Waals surface area (Å²) in [6.07, 6.45) is 8.49. The van der Waals surface area contributed by atoms with Gasteiger partial charge >= 0.3 is 0 Å². The van der Waals surface area contributed by atoms with E-state index in [-0.39, 0.29) is 0 Å². The number of hydrogen-bond donors (Lipinski definition) is 1. The van der Waals surface area contributed by atoms with Crippen molar-refractivity contribution in [2.24, 2.45) is 5.92 Å². The second-order valence-corrected chi connectivity index (χ2v) is 6.06. The van der Waals surface area contributed by atoms with E-state index in [1.165, 1.54) is 58.2 Å². The van der Waals surface area contributed by atoms with Crippen molar-refractivity contribution in [1.82, 2.24) is 10.2 Å². The summed E-state index contributed by atoms with van der Waals surface area (Å²) in [5.74, 6) is 0.832. The summed E-state index contributed by atoms with van der Waals surface area (Å²) < 4.78 is 0. The monoisotopic (exact) mass is 224 g/mol. The minimum Gasteiger partial charge on any atom is -0.313 e. The Morgan fingerprint density at radius 2 is 2.00 bits per heavy atom. The Bertz CT molecular complexity index is 199. The third kappa shape index (κ3) is 3.46. The highest BCUT2D eigenvalue weighted by Crippen LogP contribution is 2.27. The molecule has 1 aliphatic carbocycles. The molecule has 1 aliphatic heterocycles. The molecule has 16 heavy (non-hydrogen) atoms. The van der Waals surface area contributed by atoms with Gasteiger partial charge in [-0.3, -0.25) is 4.90 Å². The Morgan fingerprint density at radius 3 is 2.62 bits per heavy atom. The largest absolute Gasteiger partial charge is 0.313 e. The topological polar surface area (TPSA) is 15.3 Å². The lowest BCUT2D eigenvalue weighted by atomic mass is 9.89. The van der Waals surface area contributed by atoms with Crippen molar-refractivity contribution >= 4 is 0 Å². The zero-order chi connectivity index (χ0) is 11.4. The molecule has 0 radical (unpaired) electrons. The Kier molecular flexibility index (Phi) is 4.66. The van der Waals surface area contributed by atoms with Gasteiger partial charge in [0.15, 0.2) is 0 Å². The molecule has 94 valence electrons. The second kappa shape index (κ2) is 6.02. The van der Waals surface area contributed by atoms with Gasteiger partial charge in [-0.05, 0) is 51.1 Å². The van der Waals surface area contributed by atoms with Crippen molar-refractivity contribution in [3.8, 4) is 0 Å². The van der Waals surface area contributed by atoms with Crippen LogP contribution in [0.25, 0.3) is 0 Å². The highest BCUT2D eigenvalue weighted by Gasteiger charge is 2.28. The maximum atomic E-state index is 3.74. The van der Waals surface area contributed by atoms with Crippen molar-refractivity contribution in [2.75, 3.05) is 19.6 Å². The van der Waals surface area contributed by atoms with Gasteiger partial charge in [-0.1, -0.05) is 20.3 Å². The van der Waals surface area contributed by atoms with Crippen LogP contribution in [0.2, 0.25) is 0 Å². The summed E-state index contributed by atoms with van der Waals surface area (Å²) in [7, 11) is 0. The molecule has 1 N–H and O–H groups in total. The first-order chi connectivity index (χ1) is 7.75. The van der Waals surface area contributed by atoms with Gasteiger partial charge < -0.3 is 5.32 Å². The minimum absolute atomic E-state index is 0.771. The molecule has 1 heterocycles. The second-order valence-electron chi connectivity index (χ2n) is 6.06. The van der Waals surface area contributed by atoms with E-state index in [1.807, 2.05) is 0 Å². The van der Waals surface area contributed by atoms with E-state index in [0.717, 1.165) is 18.0 Å². The van der Waals surface area contributed by atoms with Crippen LogP contribution in [-0.4, -0.2) is 36.6 Å². The van der Waals surface area contributed by atoms with Gasteiger partial charge in [0.05, 0.1) is 0 Å². The molecule has 2 rings (SSSR count). The maximum Gasteiger partial charge on any atom is 0.0195 e. The van der Waals surface area contributed by atoms with Crippen molar-refractivity contribution in [2.45, 2.75) is 64.5 Å². The van der Waals surface area contributed by atoms with E-state index >= 15 is 0 Å². The summed E-state index contributed by atoms with van der Waals surface area (Å²) in [4.78, 5) is 2.74. The first-order valence-electron chi connectivity index (χ1n) is 7.23. The molecule has 2 heteroatoms. The van der Waals surface area contributed by atoms with Gasteiger partial charge in [0.2, 0.25) is 0 Å². The number of nitrogens with one attached hydrogen (secondary N) is 1. The molecule has 0 aromatic rings. The molecular weight excluding hydrogens is 196 g/mol. The quantitative estimate of drug-likeness (QED) is 0.772. The van der Waals surface area contributed by atoms with Crippen LogP contribution in [0.5, 0.6) is 0 Å². The predicted octanol–water partition coefficient (Wildman–Crippen LogP) is 2.64. The van der Waals surface area contributed by atoms with Crippen molar-refractivity contribution in [1.29, 1.82) is 0 Å². The lowest BCUT2D eigenvalue weighted by molar-refractivity contribution is 0.0873. The molecule has 0 spiro atoms. The highest BCUT2D eigenvalue weighted by atomic mass is 15.2. The zero-order valence-electron chi connectivity index (χ0n) is 11.0. The molecule has 0 aromatic carbocycles. The highest BCUT2D eigenvalue weighted by molar-refractivity contribution is 4.86. The van der Waals surface area contributed by atoms with Crippen molar-refractivity contribution < 1.29 is 0 Å². The molecule has 2 aliphatic rings. The Labute approximate surface area is 101 Å². The van der Waals surface area contributed by atoms with Gasteiger partial charge in [0.1, 0.15) is 0 Å². The average molecular weight is 224 g/mol. The Morgan fingerprint density at radius 1 is 1.19 bits per heavy atom. The summed E-state index contributed by atoms with van der Waals surface area (Å²) in [6, 6.07) is 1.71. The van der Waals surface area contributed by atoms with Crippen LogP contribution in [0, 0.1) is 5.92 Å². The van der Waals surface area contributed by atoms with Crippen LogP contribution >= 0.6 is 0 Å². The molecule has 2 nitrogen and oxygen atoms in total. The number of piperidine rings is 1. The molecule has 0 amide bonds.